The van der Waals surface area contributed by atoms with Crippen molar-refractivity contribution in [1.29, 1.82) is 0 Å². The largest absolute Gasteiger partial charge is 0.668 e. The molecule has 0 aliphatic heterocycles. The highest BCUT2D eigenvalue weighted by atomic mass is 28.4. The summed E-state index contributed by atoms with van der Waals surface area (Å²) in [5, 5.41) is 0. The highest BCUT2D eigenvalue weighted by molar-refractivity contribution is 6.46. The van der Waals surface area contributed by atoms with Crippen molar-refractivity contribution < 1.29 is 19.2 Å². The Morgan fingerprint density at radius 3 is 0.857 bits per heavy atom. The van der Waals surface area contributed by atoms with E-state index in [0.29, 0.717) is 0 Å². The average molecular weight is 143 g/mol. The summed E-state index contributed by atoms with van der Waals surface area (Å²) in [6, 6.07) is 0. The van der Waals surface area contributed by atoms with Crippen LogP contribution in [0.4, 0.5) is 0 Å². The Labute approximate surface area is 52.4 Å². The summed E-state index contributed by atoms with van der Waals surface area (Å²) in [5.41, 5.74) is 0. The van der Waals surface area contributed by atoms with Crippen LogP contribution in [0.3, 0.4) is 0 Å². The Hall–Kier alpha value is 0.549. The summed E-state index contributed by atoms with van der Waals surface area (Å²) >= 11 is 0. The lowest BCUT2D eigenvalue weighted by atomic mass is 14.0. The van der Waals surface area contributed by atoms with E-state index in [9.17, 15) is 0 Å². The van der Waals surface area contributed by atoms with E-state index in [1.807, 2.05) is 0 Å². The van der Waals surface area contributed by atoms with E-state index in [1.54, 1.807) is 0 Å². The topological polar surface area (TPSA) is 116 Å². The summed E-state index contributed by atoms with van der Waals surface area (Å²) in [5.74, 6) is 0. The fraction of sp³-hybridized carbons (Fsp3) is 0. The van der Waals surface area contributed by atoms with Crippen LogP contribution in [0.25, 0.3) is 0 Å². The minimum atomic E-state index is -4.61. The molecule has 0 saturated carbocycles. The van der Waals surface area contributed by atoms with Crippen molar-refractivity contribution in [2.75, 3.05) is 0 Å². The van der Waals surface area contributed by atoms with Gasteiger partial charge in [-0.3, -0.25) is 0 Å². The van der Waals surface area contributed by atoms with E-state index in [0.717, 1.165) is 0 Å². The highest BCUT2D eigenvalue weighted by Crippen LogP contribution is 1.67. The molecule has 0 heterocycles. The fourth-order valence-electron chi connectivity index (χ4n) is 0. The van der Waals surface area contributed by atoms with Crippen LogP contribution in [-0.2, 0) is 0 Å². The second-order valence-electron chi connectivity index (χ2n) is 0.600. The molecule has 0 unspecified atom stereocenters. The van der Waals surface area contributed by atoms with Crippen molar-refractivity contribution in [3.8, 4) is 0 Å². The maximum absolute atomic E-state index is 7.33. The van der Waals surface area contributed by atoms with Gasteiger partial charge in [-0.2, -0.15) is 0 Å². The van der Waals surface area contributed by atoms with Crippen LogP contribution in [-0.4, -0.2) is 45.6 Å². The van der Waals surface area contributed by atoms with E-state index in [1.165, 1.54) is 0 Å². The third kappa shape index (κ3) is 449. The van der Waals surface area contributed by atoms with Crippen LogP contribution in [0.2, 0.25) is 0 Å². The van der Waals surface area contributed by atoms with Gasteiger partial charge in [0.15, 0.2) is 17.4 Å². The van der Waals surface area contributed by atoms with Crippen molar-refractivity contribution in [1.82, 2.24) is 6.15 Å². The molecular formula is H10AlNO4Si. The average Bonchev–Trinajstić information content (AvgIpc) is 0.722. The van der Waals surface area contributed by atoms with Crippen LogP contribution in [0.1, 0.15) is 0 Å². The molecule has 0 fully saturated rings. The first-order valence-corrected chi connectivity index (χ1v) is 2.68. The monoisotopic (exact) mass is 143 g/mol. The molecule has 0 aliphatic rings. The molecular weight excluding hydrogens is 133 g/mol. The van der Waals surface area contributed by atoms with E-state index >= 15 is 0 Å². The molecule has 0 radical (unpaired) electrons. The highest BCUT2D eigenvalue weighted by Gasteiger charge is 2.22. The summed E-state index contributed by atoms with van der Waals surface area (Å²) in [6.07, 6.45) is 0. The molecule has 0 atom stereocenters. The Kier molecular flexibility index (Phi) is 10.5. The number of rotatable bonds is 0. The second kappa shape index (κ2) is 4.70. The molecule has 0 rings (SSSR count). The lowest BCUT2D eigenvalue weighted by Gasteiger charge is -1.91. The van der Waals surface area contributed by atoms with Gasteiger partial charge in [-0.15, -0.1) is 0 Å². The summed E-state index contributed by atoms with van der Waals surface area (Å²) < 4.78 is 0. The predicted octanol–water partition coefficient (Wildman–Crippen LogP) is -3.63. The van der Waals surface area contributed by atoms with Gasteiger partial charge in [0.25, 0.3) is 0 Å². The minimum absolute atomic E-state index is 0. The molecule has 0 aliphatic carbocycles. The first-order valence-electron chi connectivity index (χ1n) is 0.894. The van der Waals surface area contributed by atoms with Crippen molar-refractivity contribution in [3.05, 3.63) is 0 Å². The van der Waals surface area contributed by atoms with Crippen LogP contribution >= 0.6 is 0 Å². The van der Waals surface area contributed by atoms with Crippen molar-refractivity contribution in [2.45, 2.75) is 0 Å². The lowest BCUT2D eigenvalue weighted by molar-refractivity contribution is 0.117. The van der Waals surface area contributed by atoms with Gasteiger partial charge in [0.05, 0.1) is 0 Å². The molecule has 0 spiro atoms. The zero-order chi connectivity index (χ0) is 4.50. The maximum atomic E-state index is 7.33. The van der Waals surface area contributed by atoms with Gasteiger partial charge < -0.3 is 25.3 Å². The molecule has 5 nitrogen and oxygen atoms in total. The van der Waals surface area contributed by atoms with E-state index in [4.69, 9.17) is 19.2 Å². The molecule has 0 amide bonds. The number of hydrogen-bond acceptors (Lipinski definition) is 5. The molecule has 0 aromatic rings. The molecule has 7 heavy (non-hydrogen) atoms. The lowest BCUT2D eigenvalue weighted by Crippen LogP contribution is -2.33. The zero-order valence-corrected chi connectivity index (χ0v) is 4.00. The van der Waals surface area contributed by atoms with E-state index in [-0.39, 0.29) is 23.5 Å². The maximum Gasteiger partial charge on any atom is 0.668 e. The smallest absolute Gasteiger partial charge is 0.368 e. The van der Waals surface area contributed by atoms with Crippen molar-refractivity contribution >= 4 is 26.4 Å². The summed E-state index contributed by atoms with van der Waals surface area (Å²) in [6.45, 7) is 0. The van der Waals surface area contributed by atoms with E-state index < -0.39 is 9.05 Å². The first kappa shape index (κ1) is 15.6. The SMILES string of the molecule is N.O[Si](O)(O)O.[AlH3]. The molecule has 0 aromatic heterocycles. The van der Waals surface area contributed by atoms with E-state index in [2.05, 4.69) is 0 Å². The number of hydrogen-bond donors (Lipinski definition) is 5. The standard InChI is InChI=1S/Al.H3N.H4O4Si.3H/c;;1-5(2,3)4;;;/h;1H3;1-4H;;;. The molecule has 7 heteroatoms. The first-order chi connectivity index (χ1) is 2.00. The molecule has 0 bridgehead atoms. The van der Waals surface area contributed by atoms with Gasteiger partial charge in [0, 0.05) is 0 Å². The summed E-state index contributed by atoms with van der Waals surface area (Å²) in [4.78, 5) is 29.3. The van der Waals surface area contributed by atoms with Gasteiger partial charge in [0.2, 0.25) is 0 Å². The Balaban J connectivity index is -0.0000000800. The van der Waals surface area contributed by atoms with Crippen LogP contribution in [0, 0.1) is 0 Å². The normalized spacial score (nSPS) is 8.57. The third-order valence-electron chi connectivity index (χ3n) is 0. The van der Waals surface area contributed by atoms with Crippen LogP contribution < -0.4 is 6.15 Å². The molecule has 7 N–H and O–H groups in total. The quantitative estimate of drug-likeness (QED) is 0.224. The van der Waals surface area contributed by atoms with Crippen LogP contribution in [0.5, 0.6) is 0 Å². The third-order valence-corrected chi connectivity index (χ3v) is 0. The van der Waals surface area contributed by atoms with Gasteiger partial charge in [-0.1, -0.05) is 0 Å². The second-order valence-corrected chi connectivity index (χ2v) is 1.80. The Bertz CT molecular complexity index is 27.2. The molecule has 46 valence electrons. The molecule has 0 aromatic carbocycles. The van der Waals surface area contributed by atoms with Crippen molar-refractivity contribution in [2.24, 2.45) is 0 Å². The molecule has 0 saturated heterocycles. The van der Waals surface area contributed by atoms with Gasteiger partial charge in [-0.05, 0) is 0 Å². The summed E-state index contributed by atoms with van der Waals surface area (Å²) in [7, 11) is -4.61. The van der Waals surface area contributed by atoms with Crippen LogP contribution in [0.15, 0.2) is 0 Å². The van der Waals surface area contributed by atoms with Gasteiger partial charge in [-0.25, -0.2) is 0 Å². The van der Waals surface area contributed by atoms with Gasteiger partial charge in [0.1, 0.15) is 0 Å². The predicted molar refractivity (Wildman–Crippen MR) is 29.6 cm³/mol. The fourth-order valence-corrected chi connectivity index (χ4v) is 0. The minimum Gasteiger partial charge on any atom is -0.368 e. The zero-order valence-electron chi connectivity index (χ0n) is 3.00. The van der Waals surface area contributed by atoms with Crippen molar-refractivity contribution in [3.63, 3.8) is 0 Å². The Morgan fingerprint density at radius 2 is 0.857 bits per heavy atom. The Morgan fingerprint density at radius 1 is 0.857 bits per heavy atom. The van der Waals surface area contributed by atoms with Gasteiger partial charge >= 0.3 is 9.05 Å².